The summed E-state index contributed by atoms with van der Waals surface area (Å²) in [5.41, 5.74) is 0. The van der Waals surface area contributed by atoms with Gasteiger partial charge in [0, 0.05) is 5.82 Å². The van der Waals surface area contributed by atoms with Gasteiger partial charge in [-0.15, -0.1) is 0 Å². The van der Waals surface area contributed by atoms with Gasteiger partial charge in [0.05, 0.1) is 13.2 Å². The molecule has 0 aromatic rings. The van der Waals surface area contributed by atoms with E-state index in [1.807, 2.05) is 0 Å². The van der Waals surface area contributed by atoms with Gasteiger partial charge in [0.1, 0.15) is 6.67 Å². The summed E-state index contributed by atoms with van der Waals surface area (Å²) in [6, 6.07) is 0. The zero-order valence-corrected chi connectivity index (χ0v) is 8.22. The third kappa shape index (κ3) is 4.65. The first-order chi connectivity index (χ1) is 5.68. The molecule has 0 saturated carbocycles. The fourth-order valence-corrected chi connectivity index (χ4v) is 1.96. The molecule has 0 unspecified atom stereocenters. The highest BCUT2D eigenvalue weighted by Crippen LogP contribution is 2.49. The molecular weight excluding hydrogens is 182 g/mol. The van der Waals surface area contributed by atoms with Crippen molar-refractivity contribution in [1.29, 1.82) is 0 Å². The molecule has 0 spiro atoms. The van der Waals surface area contributed by atoms with Crippen molar-refractivity contribution in [2.24, 2.45) is 0 Å². The number of hydrogen-bond acceptors (Lipinski definition) is 3. The predicted molar refractivity (Wildman–Crippen MR) is 46.0 cm³/mol. The Morgan fingerprint density at radius 3 is 2.17 bits per heavy atom. The van der Waals surface area contributed by atoms with E-state index in [0.717, 1.165) is 11.9 Å². The Hall–Kier alpha value is -0.180. The van der Waals surface area contributed by atoms with Crippen LogP contribution in [0.4, 0.5) is 4.39 Å². The second-order valence-corrected chi connectivity index (χ2v) is 3.81. The van der Waals surface area contributed by atoms with E-state index < -0.39 is 14.3 Å². The van der Waals surface area contributed by atoms with Gasteiger partial charge in [-0.1, -0.05) is 0 Å². The number of alkyl halides is 1. The quantitative estimate of drug-likeness (QED) is 0.612. The number of hydrogen-bond donors (Lipinski definition) is 0. The Bertz CT molecular complexity index is 171. The molecule has 0 aromatic carbocycles. The van der Waals surface area contributed by atoms with Gasteiger partial charge in [-0.2, -0.15) is 0 Å². The van der Waals surface area contributed by atoms with Crippen LogP contribution < -0.4 is 0 Å². The average molecular weight is 196 g/mol. The molecule has 0 heterocycles. The monoisotopic (exact) mass is 196 g/mol. The van der Waals surface area contributed by atoms with Crippen molar-refractivity contribution in [3.05, 3.63) is 11.9 Å². The van der Waals surface area contributed by atoms with Crippen LogP contribution in [0.3, 0.4) is 0 Å². The Kier molecular flexibility index (Phi) is 6.25. The summed E-state index contributed by atoms with van der Waals surface area (Å²) < 4.78 is 32.9. The minimum absolute atomic E-state index is 0.286. The molecule has 0 bridgehead atoms. The lowest BCUT2D eigenvalue weighted by atomic mass is 10.7. The largest absolute Gasteiger partial charge is 0.353 e. The Labute approximate surface area is 72.1 Å². The van der Waals surface area contributed by atoms with Crippen LogP contribution in [0.1, 0.15) is 13.8 Å². The van der Waals surface area contributed by atoms with E-state index in [-0.39, 0.29) is 13.2 Å². The normalized spacial score (nSPS) is 12.6. The molecule has 0 radical (unpaired) electrons. The minimum atomic E-state index is -3.16. The lowest BCUT2D eigenvalue weighted by Crippen LogP contribution is -1.92. The molecule has 0 aliphatic heterocycles. The van der Waals surface area contributed by atoms with Crippen LogP contribution in [0.5, 0.6) is 0 Å². The predicted octanol–water partition coefficient (Wildman–Crippen LogP) is 2.74. The van der Waals surface area contributed by atoms with Crippen LogP contribution in [0.2, 0.25) is 0 Å². The van der Waals surface area contributed by atoms with Crippen LogP contribution in [-0.2, 0) is 13.6 Å². The van der Waals surface area contributed by atoms with Crippen molar-refractivity contribution < 1.29 is 18.0 Å². The van der Waals surface area contributed by atoms with Gasteiger partial charge in [0.2, 0.25) is 0 Å². The van der Waals surface area contributed by atoms with Gasteiger partial charge in [-0.05, 0) is 19.9 Å². The summed E-state index contributed by atoms with van der Waals surface area (Å²) in [5, 5.41) is 0. The van der Waals surface area contributed by atoms with Crippen molar-refractivity contribution in [3.8, 4) is 0 Å². The number of rotatable bonds is 6. The first kappa shape index (κ1) is 11.8. The first-order valence-electron chi connectivity index (χ1n) is 3.81. The van der Waals surface area contributed by atoms with Crippen molar-refractivity contribution in [3.63, 3.8) is 0 Å². The third-order valence-electron chi connectivity index (χ3n) is 0.995. The van der Waals surface area contributed by atoms with Crippen molar-refractivity contribution in [2.75, 3.05) is 19.9 Å². The van der Waals surface area contributed by atoms with Crippen molar-refractivity contribution in [2.45, 2.75) is 13.8 Å². The second kappa shape index (κ2) is 6.35. The molecule has 72 valence electrons. The Morgan fingerprint density at radius 1 is 1.33 bits per heavy atom. The molecule has 12 heavy (non-hydrogen) atoms. The van der Waals surface area contributed by atoms with Gasteiger partial charge in [0.15, 0.2) is 0 Å². The fourth-order valence-electron chi connectivity index (χ4n) is 0.652. The molecule has 0 saturated heterocycles. The molecule has 0 aromatic heterocycles. The van der Waals surface area contributed by atoms with E-state index in [9.17, 15) is 8.96 Å². The van der Waals surface area contributed by atoms with E-state index in [1.165, 1.54) is 0 Å². The molecular formula is C7H14FO3P. The zero-order chi connectivity index (χ0) is 9.45. The standard InChI is InChI=1S/C7H14FO3P/c1-3-10-12(9,11-4-2)7-5-6-8/h5,7H,3-4,6H2,1-2H3/b7-5+. The molecule has 0 rings (SSSR count). The molecule has 5 heteroatoms. The number of halogens is 1. The molecule has 0 fully saturated rings. The van der Waals surface area contributed by atoms with Crippen LogP contribution in [-0.4, -0.2) is 19.9 Å². The van der Waals surface area contributed by atoms with Gasteiger partial charge >= 0.3 is 7.60 Å². The molecule has 0 atom stereocenters. The van der Waals surface area contributed by atoms with Gasteiger partial charge < -0.3 is 9.05 Å². The SMILES string of the molecule is CCOP(=O)(/C=C/CF)OCC. The molecule has 0 aliphatic rings. The molecule has 0 N–H and O–H groups in total. The summed E-state index contributed by atoms with van der Waals surface area (Å²) in [5.74, 6) is 1.15. The lowest BCUT2D eigenvalue weighted by molar-refractivity contribution is 0.228. The highest BCUT2D eigenvalue weighted by atomic mass is 31.2. The lowest BCUT2D eigenvalue weighted by Gasteiger charge is -2.11. The smallest absolute Gasteiger partial charge is 0.306 e. The summed E-state index contributed by atoms with van der Waals surface area (Å²) in [6.45, 7) is 3.32. The van der Waals surface area contributed by atoms with Gasteiger partial charge in [-0.3, -0.25) is 4.57 Å². The Balaban J connectivity index is 4.18. The zero-order valence-electron chi connectivity index (χ0n) is 7.33. The summed E-state index contributed by atoms with van der Waals surface area (Å²) in [4.78, 5) is 0. The Morgan fingerprint density at radius 2 is 1.83 bits per heavy atom. The first-order valence-corrected chi connectivity index (χ1v) is 5.42. The third-order valence-corrected chi connectivity index (χ3v) is 2.81. The van der Waals surface area contributed by atoms with Crippen LogP contribution in [0.25, 0.3) is 0 Å². The maximum absolute atomic E-state index is 11.7. The second-order valence-electron chi connectivity index (χ2n) is 1.91. The summed E-state index contributed by atoms with van der Waals surface area (Å²) in [7, 11) is -3.16. The maximum Gasteiger partial charge on any atom is 0.353 e. The highest BCUT2D eigenvalue weighted by molar-refractivity contribution is 7.57. The van der Waals surface area contributed by atoms with Gasteiger partial charge in [0.25, 0.3) is 0 Å². The summed E-state index contributed by atoms with van der Waals surface area (Å²) >= 11 is 0. The molecule has 0 amide bonds. The molecule has 0 aliphatic carbocycles. The van der Waals surface area contributed by atoms with E-state index in [2.05, 4.69) is 0 Å². The fraction of sp³-hybridized carbons (Fsp3) is 0.714. The van der Waals surface area contributed by atoms with Crippen LogP contribution >= 0.6 is 7.60 Å². The maximum atomic E-state index is 11.7. The summed E-state index contributed by atoms with van der Waals surface area (Å²) in [6.07, 6.45) is 1.13. The van der Waals surface area contributed by atoms with Crippen molar-refractivity contribution in [1.82, 2.24) is 0 Å². The topological polar surface area (TPSA) is 35.5 Å². The van der Waals surface area contributed by atoms with Crippen molar-refractivity contribution >= 4 is 7.60 Å². The highest BCUT2D eigenvalue weighted by Gasteiger charge is 2.18. The van der Waals surface area contributed by atoms with E-state index in [0.29, 0.717) is 0 Å². The van der Waals surface area contributed by atoms with E-state index in [1.54, 1.807) is 13.8 Å². The minimum Gasteiger partial charge on any atom is -0.306 e. The van der Waals surface area contributed by atoms with E-state index >= 15 is 0 Å². The number of allylic oxidation sites excluding steroid dienone is 1. The average Bonchev–Trinajstić information content (AvgIpc) is 2.02. The van der Waals surface area contributed by atoms with Crippen LogP contribution in [0, 0.1) is 0 Å². The van der Waals surface area contributed by atoms with Crippen LogP contribution in [0.15, 0.2) is 11.9 Å². The van der Waals surface area contributed by atoms with E-state index in [4.69, 9.17) is 9.05 Å². The molecule has 3 nitrogen and oxygen atoms in total. The van der Waals surface area contributed by atoms with Gasteiger partial charge in [-0.25, -0.2) is 4.39 Å².